The molecule has 0 spiro atoms. The molecule has 0 aromatic carbocycles. The molecule has 2 N–H and O–H groups in total. The molecule has 0 heterocycles. The monoisotopic (exact) mass is 395 g/mol. The van der Waals surface area contributed by atoms with Crippen LogP contribution in [-0.4, -0.2) is 29.4 Å². The van der Waals surface area contributed by atoms with Crippen LogP contribution in [0.3, 0.4) is 0 Å². The predicted molar refractivity (Wildman–Crippen MR) is 118 cm³/mol. The van der Waals surface area contributed by atoms with Crippen LogP contribution in [0.4, 0.5) is 0 Å². The Bertz CT molecular complexity index is 395. The third-order valence-electron chi connectivity index (χ3n) is 5.16. The molecule has 28 heavy (non-hydrogen) atoms. The fourth-order valence-electron chi connectivity index (χ4n) is 3.28. The fraction of sp³-hybridized carbons (Fsp3) is 0.833. The lowest BCUT2D eigenvalue weighted by Crippen LogP contribution is -2.43. The van der Waals surface area contributed by atoms with Gasteiger partial charge in [0, 0.05) is 6.42 Å². The summed E-state index contributed by atoms with van der Waals surface area (Å²) in [6.45, 7) is 4.33. The van der Waals surface area contributed by atoms with Gasteiger partial charge in [-0.05, 0) is 19.3 Å². The van der Waals surface area contributed by atoms with Crippen molar-refractivity contribution in [2.75, 3.05) is 0 Å². The highest BCUT2D eigenvalue weighted by Gasteiger charge is 2.17. The van der Waals surface area contributed by atoms with E-state index in [2.05, 4.69) is 19.2 Å². The molecule has 0 saturated carbocycles. The van der Waals surface area contributed by atoms with Crippen molar-refractivity contribution in [2.24, 2.45) is 0 Å². The second kappa shape index (κ2) is 20.6. The fourth-order valence-corrected chi connectivity index (χ4v) is 3.28. The van der Waals surface area contributed by atoms with Crippen molar-refractivity contribution in [3.05, 3.63) is 12.2 Å². The third kappa shape index (κ3) is 17.0. The quantitative estimate of drug-likeness (QED) is 0.154. The maximum atomic E-state index is 11.8. The molecule has 164 valence electrons. The van der Waals surface area contributed by atoms with E-state index in [-0.39, 0.29) is 5.91 Å². The molecule has 0 aliphatic carbocycles. The van der Waals surface area contributed by atoms with Gasteiger partial charge in [-0.1, -0.05) is 103 Å². The predicted octanol–water partition coefficient (Wildman–Crippen LogP) is 5.87. The molecule has 0 radical (unpaired) electrons. The van der Waals surface area contributed by atoms with Crippen molar-refractivity contribution in [3.63, 3.8) is 0 Å². The Labute approximate surface area is 173 Å². The molecule has 0 fully saturated rings. The second-order valence-corrected chi connectivity index (χ2v) is 7.93. The summed E-state index contributed by atoms with van der Waals surface area (Å²) in [6.07, 6.45) is 21.9. The van der Waals surface area contributed by atoms with E-state index in [1.807, 2.05) is 6.08 Å². The first-order valence-electron chi connectivity index (χ1n) is 11.7. The van der Waals surface area contributed by atoms with Crippen LogP contribution in [0, 0.1) is 0 Å². The van der Waals surface area contributed by atoms with Crippen molar-refractivity contribution in [1.29, 1.82) is 0 Å². The SMILES string of the molecule is CCCCCCCCCCCCC/C=C/[C@@H](O)C(C=O)NC(=O)CCCCC. The largest absolute Gasteiger partial charge is 0.386 e. The molecule has 0 aromatic heterocycles. The number of nitrogens with one attached hydrogen (secondary N) is 1. The average molecular weight is 396 g/mol. The molecule has 0 rings (SSSR count). The van der Waals surface area contributed by atoms with Crippen LogP contribution in [0.5, 0.6) is 0 Å². The van der Waals surface area contributed by atoms with E-state index in [1.165, 1.54) is 64.2 Å². The highest BCUT2D eigenvalue weighted by Crippen LogP contribution is 2.12. The van der Waals surface area contributed by atoms with Gasteiger partial charge in [-0.15, -0.1) is 0 Å². The first-order chi connectivity index (χ1) is 13.7. The zero-order valence-electron chi connectivity index (χ0n) is 18.5. The molecule has 2 atom stereocenters. The minimum absolute atomic E-state index is 0.164. The summed E-state index contributed by atoms with van der Waals surface area (Å²) >= 11 is 0. The first kappa shape index (κ1) is 26.8. The Morgan fingerprint density at radius 1 is 0.821 bits per heavy atom. The summed E-state index contributed by atoms with van der Waals surface area (Å²) in [5, 5.41) is 12.7. The average Bonchev–Trinajstić information content (AvgIpc) is 2.69. The van der Waals surface area contributed by atoms with Gasteiger partial charge in [-0.25, -0.2) is 0 Å². The van der Waals surface area contributed by atoms with E-state index < -0.39 is 12.1 Å². The van der Waals surface area contributed by atoms with E-state index >= 15 is 0 Å². The van der Waals surface area contributed by atoms with Crippen LogP contribution < -0.4 is 5.32 Å². The van der Waals surface area contributed by atoms with Gasteiger partial charge < -0.3 is 15.2 Å². The van der Waals surface area contributed by atoms with E-state index in [9.17, 15) is 14.7 Å². The molecule has 1 unspecified atom stereocenters. The van der Waals surface area contributed by atoms with Crippen molar-refractivity contribution < 1.29 is 14.7 Å². The molecule has 0 bridgehead atoms. The number of carbonyl (C=O) groups is 2. The maximum absolute atomic E-state index is 11.8. The van der Waals surface area contributed by atoms with Gasteiger partial charge in [-0.3, -0.25) is 4.79 Å². The number of amides is 1. The number of allylic oxidation sites excluding steroid dienone is 1. The van der Waals surface area contributed by atoms with Crippen LogP contribution in [0.2, 0.25) is 0 Å². The molecule has 4 heteroatoms. The number of aliphatic hydroxyl groups is 1. The number of unbranched alkanes of at least 4 members (excludes halogenated alkanes) is 13. The number of rotatable bonds is 20. The standard InChI is InChI=1S/C24H45NO3/c1-3-5-7-8-9-10-11-12-13-14-15-16-18-19-23(27)22(21-26)25-24(28)20-17-6-4-2/h18-19,21-23,27H,3-17,20H2,1-2H3,(H,25,28)/b19-18+/t22?,23-/m1/s1. The smallest absolute Gasteiger partial charge is 0.220 e. The number of hydrogen-bond acceptors (Lipinski definition) is 3. The number of hydrogen-bond donors (Lipinski definition) is 2. The third-order valence-corrected chi connectivity index (χ3v) is 5.16. The van der Waals surface area contributed by atoms with Crippen molar-refractivity contribution >= 4 is 12.2 Å². The molecular formula is C24H45NO3. The lowest BCUT2D eigenvalue weighted by molar-refractivity contribution is -0.125. The summed E-state index contributed by atoms with van der Waals surface area (Å²) in [7, 11) is 0. The zero-order valence-corrected chi connectivity index (χ0v) is 18.5. The number of aldehydes is 1. The first-order valence-corrected chi connectivity index (χ1v) is 11.7. The molecule has 1 amide bonds. The molecule has 0 aromatic rings. The Morgan fingerprint density at radius 3 is 1.86 bits per heavy atom. The van der Waals surface area contributed by atoms with Gasteiger partial charge in [0.05, 0.1) is 6.10 Å². The minimum atomic E-state index is -0.944. The normalized spacial score (nSPS) is 13.5. The van der Waals surface area contributed by atoms with E-state index in [0.29, 0.717) is 12.7 Å². The second-order valence-electron chi connectivity index (χ2n) is 7.93. The van der Waals surface area contributed by atoms with Crippen LogP contribution >= 0.6 is 0 Å². The summed E-state index contributed by atoms with van der Waals surface area (Å²) < 4.78 is 0. The van der Waals surface area contributed by atoms with Gasteiger partial charge in [0.2, 0.25) is 5.91 Å². The number of aliphatic hydroxyl groups excluding tert-OH is 1. The molecule has 0 saturated heterocycles. The van der Waals surface area contributed by atoms with Gasteiger partial charge in [-0.2, -0.15) is 0 Å². The number of carbonyl (C=O) groups excluding carboxylic acids is 2. The Balaban J connectivity index is 3.67. The lowest BCUT2D eigenvalue weighted by atomic mass is 10.0. The van der Waals surface area contributed by atoms with Crippen LogP contribution in [0.25, 0.3) is 0 Å². The van der Waals surface area contributed by atoms with Gasteiger partial charge in [0.1, 0.15) is 12.3 Å². The Kier molecular flexibility index (Phi) is 19.7. The highest BCUT2D eigenvalue weighted by molar-refractivity contribution is 5.79. The summed E-state index contributed by atoms with van der Waals surface area (Å²) in [4.78, 5) is 22.9. The van der Waals surface area contributed by atoms with Gasteiger partial charge in [0.25, 0.3) is 0 Å². The van der Waals surface area contributed by atoms with Crippen LogP contribution in [0.15, 0.2) is 12.2 Å². The topological polar surface area (TPSA) is 66.4 Å². The van der Waals surface area contributed by atoms with Crippen molar-refractivity contribution in [1.82, 2.24) is 5.32 Å². The van der Waals surface area contributed by atoms with Crippen LogP contribution in [-0.2, 0) is 9.59 Å². The van der Waals surface area contributed by atoms with E-state index in [4.69, 9.17) is 0 Å². The molecule has 0 aliphatic rings. The Morgan fingerprint density at radius 2 is 1.32 bits per heavy atom. The van der Waals surface area contributed by atoms with Crippen LogP contribution in [0.1, 0.15) is 117 Å². The minimum Gasteiger partial charge on any atom is -0.386 e. The van der Waals surface area contributed by atoms with Crippen molar-refractivity contribution in [3.8, 4) is 0 Å². The summed E-state index contributed by atoms with van der Waals surface area (Å²) in [6, 6.07) is -0.845. The maximum Gasteiger partial charge on any atom is 0.220 e. The summed E-state index contributed by atoms with van der Waals surface area (Å²) in [5.74, 6) is -0.164. The molecular weight excluding hydrogens is 350 g/mol. The summed E-state index contributed by atoms with van der Waals surface area (Å²) in [5.41, 5.74) is 0. The molecule has 4 nitrogen and oxygen atoms in total. The van der Waals surface area contributed by atoms with Gasteiger partial charge in [0.15, 0.2) is 0 Å². The lowest BCUT2D eigenvalue weighted by Gasteiger charge is -2.16. The van der Waals surface area contributed by atoms with Crippen molar-refractivity contribution in [2.45, 2.75) is 129 Å². The molecule has 0 aliphatic heterocycles. The highest BCUT2D eigenvalue weighted by atomic mass is 16.3. The van der Waals surface area contributed by atoms with Gasteiger partial charge >= 0.3 is 0 Å². The van der Waals surface area contributed by atoms with E-state index in [1.54, 1.807) is 6.08 Å². The Hall–Kier alpha value is -1.16. The van der Waals surface area contributed by atoms with E-state index in [0.717, 1.165) is 32.1 Å². The zero-order chi connectivity index (χ0) is 20.9.